The molecular weight excluding hydrogens is 198 g/mol. The van der Waals surface area contributed by atoms with Gasteiger partial charge in [0, 0.05) is 23.8 Å². The Kier molecular flexibility index (Phi) is 2.35. The van der Waals surface area contributed by atoms with Crippen molar-refractivity contribution in [2.45, 2.75) is 18.9 Å². The van der Waals surface area contributed by atoms with Gasteiger partial charge in [-0.15, -0.1) is 0 Å². The van der Waals surface area contributed by atoms with Crippen molar-refractivity contribution < 1.29 is 0 Å². The Morgan fingerprint density at radius 3 is 2.94 bits per heavy atom. The number of hydrazine groups is 1. The molecule has 1 unspecified atom stereocenters. The Balaban J connectivity index is 2.14. The molecule has 3 nitrogen and oxygen atoms in total. The lowest BCUT2D eigenvalue weighted by atomic mass is 9.97. The molecule has 1 fully saturated rings. The van der Waals surface area contributed by atoms with E-state index in [0.29, 0.717) is 5.92 Å². The minimum absolute atomic E-state index is 0.271. The molecule has 1 saturated carbocycles. The van der Waals surface area contributed by atoms with Gasteiger partial charge in [0.2, 0.25) is 0 Å². The minimum Gasteiger partial charge on any atom is -0.271 e. The van der Waals surface area contributed by atoms with Crippen LogP contribution in [0.15, 0.2) is 36.7 Å². The van der Waals surface area contributed by atoms with Crippen LogP contribution in [0.2, 0.25) is 0 Å². The second-order valence-corrected chi connectivity index (χ2v) is 4.43. The molecule has 1 aliphatic rings. The van der Waals surface area contributed by atoms with Crippen molar-refractivity contribution >= 4 is 10.8 Å². The normalized spacial score (nSPS) is 17.6. The lowest BCUT2D eigenvalue weighted by Crippen LogP contribution is -2.29. The van der Waals surface area contributed by atoms with E-state index in [1.165, 1.54) is 29.2 Å². The van der Waals surface area contributed by atoms with E-state index < -0.39 is 0 Å². The van der Waals surface area contributed by atoms with Crippen LogP contribution in [0.25, 0.3) is 10.8 Å². The molecule has 3 N–H and O–H groups in total. The predicted octanol–water partition coefficient (Wildman–Crippen LogP) is 2.15. The average molecular weight is 213 g/mol. The quantitative estimate of drug-likeness (QED) is 0.606. The number of nitrogens with zero attached hydrogens (tertiary/aromatic N) is 1. The number of hydrogen-bond donors (Lipinski definition) is 2. The van der Waals surface area contributed by atoms with E-state index in [2.05, 4.69) is 28.6 Å². The van der Waals surface area contributed by atoms with Crippen LogP contribution in [0.4, 0.5) is 0 Å². The second kappa shape index (κ2) is 3.85. The molecule has 1 aromatic heterocycles. The zero-order valence-electron chi connectivity index (χ0n) is 9.06. The first kappa shape index (κ1) is 9.75. The molecule has 0 bridgehead atoms. The first-order valence-corrected chi connectivity index (χ1v) is 5.69. The van der Waals surface area contributed by atoms with E-state index in [9.17, 15) is 0 Å². The highest BCUT2D eigenvalue weighted by molar-refractivity contribution is 5.85. The van der Waals surface area contributed by atoms with Gasteiger partial charge in [0.05, 0.1) is 0 Å². The van der Waals surface area contributed by atoms with E-state index >= 15 is 0 Å². The van der Waals surface area contributed by atoms with Crippen molar-refractivity contribution in [3.05, 3.63) is 42.2 Å². The summed E-state index contributed by atoms with van der Waals surface area (Å²) < 4.78 is 0. The summed E-state index contributed by atoms with van der Waals surface area (Å²) in [6.07, 6.45) is 6.29. The molecule has 1 aliphatic carbocycles. The van der Waals surface area contributed by atoms with Crippen LogP contribution >= 0.6 is 0 Å². The van der Waals surface area contributed by atoms with Crippen LogP contribution in [0.5, 0.6) is 0 Å². The molecule has 0 saturated heterocycles. The second-order valence-electron chi connectivity index (χ2n) is 4.43. The first-order valence-electron chi connectivity index (χ1n) is 5.69. The SMILES string of the molecule is NNC(c1cccc2ccncc12)C1CC1. The van der Waals surface area contributed by atoms with E-state index in [4.69, 9.17) is 5.84 Å². The van der Waals surface area contributed by atoms with Gasteiger partial charge in [-0.25, -0.2) is 0 Å². The number of fused-ring (bicyclic) bond motifs is 1. The van der Waals surface area contributed by atoms with E-state index in [-0.39, 0.29) is 6.04 Å². The van der Waals surface area contributed by atoms with Crippen LogP contribution in [0.1, 0.15) is 24.4 Å². The number of benzene rings is 1. The number of nitrogens with one attached hydrogen (secondary N) is 1. The Bertz CT molecular complexity index is 500. The highest BCUT2D eigenvalue weighted by atomic mass is 15.2. The highest BCUT2D eigenvalue weighted by Crippen LogP contribution is 2.42. The van der Waals surface area contributed by atoms with Crippen molar-refractivity contribution in [2.75, 3.05) is 0 Å². The zero-order valence-corrected chi connectivity index (χ0v) is 9.06. The summed E-state index contributed by atoms with van der Waals surface area (Å²) in [6.45, 7) is 0. The predicted molar refractivity (Wildman–Crippen MR) is 64.5 cm³/mol. The van der Waals surface area contributed by atoms with Crippen LogP contribution < -0.4 is 11.3 Å². The van der Waals surface area contributed by atoms with Gasteiger partial charge in [-0.3, -0.25) is 16.3 Å². The van der Waals surface area contributed by atoms with Gasteiger partial charge in [-0.2, -0.15) is 0 Å². The molecule has 1 atom stereocenters. The van der Waals surface area contributed by atoms with E-state index in [1.807, 2.05) is 18.5 Å². The molecule has 0 amide bonds. The van der Waals surface area contributed by atoms with Gasteiger partial charge in [-0.05, 0) is 35.8 Å². The summed E-state index contributed by atoms with van der Waals surface area (Å²) in [5.74, 6) is 6.36. The Morgan fingerprint density at radius 2 is 2.19 bits per heavy atom. The molecular formula is C13H15N3. The summed E-state index contributed by atoms with van der Waals surface area (Å²) >= 11 is 0. The largest absolute Gasteiger partial charge is 0.271 e. The summed E-state index contributed by atoms with van der Waals surface area (Å²) in [5, 5.41) is 2.44. The lowest BCUT2D eigenvalue weighted by molar-refractivity contribution is 0.500. The minimum atomic E-state index is 0.271. The fourth-order valence-electron chi connectivity index (χ4n) is 2.32. The van der Waals surface area contributed by atoms with Crippen LogP contribution in [0, 0.1) is 5.92 Å². The topological polar surface area (TPSA) is 50.9 Å². The van der Waals surface area contributed by atoms with Gasteiger partial charge in [-0.1, -0.05) is 18.2 Å². The Labute approximate surface area is 94.6 Å². The molecule has 2 aromatic rings. The van der Waals surface area contributed by atoms with Gasteiger partial charge in [0.15, 0.2) is 0 Å². The Morgan fingerprint density at radius 1 is 1.31 bits per heavy atom. The fourth-order valence-corrected chi connectivity index (χ4v) is 2.32. The number of pyridine rings is 1. The maximum atomic E-state index is 5.67. The van der Waals surface area contributed by atoms with Crippen molar-refractivity contribution in [3.8, 4) is 0 Å². The third kappa shape index (κ3) is 1.58. The highest BCUT2D eigenvalue weighted by Gasteiger charge is 2.32. The molecule has 0 aliphatic heterocycles. The summed E-state index contributed by atoms with van der Waals surface area (Å²) in [7, 11) is 0. The summed E-state index contributed by atoms with van der Waals surface area (Å²) in [6, 6.07) is 8.66. The number of nitrogens with two attached hydrogens (primary N) is 1. The molecule has 16 heavy (non-hydrogen) atoms. The molecule has 1 heterocycles. The maximum Gasteiger partial charge on any atom is 0.0494 e. The molecule has 3 rings (SSSR count). The smallest absolute Gasteiger partial charge is 0.0494 e. The molecule has 82 valence electrons. The van der Waals surface area contributed by atoms with Gasteiger partial charge < -0.3 is 0 Å². The molecule has 1 aromatic carbocycles. The monoisotopic (exact) mass is 213 g/mol. The lowest BCUT2D eigenvalue weighted by Gasteiger charge is -2.17. The van der Waals surface area contributed by atoms with Crippen LogP contribution in [-0.2, 0) is 0 Å². The molecule has 0 radical (unpaired) electrons. The summed E-state index contributed by atoms with van der Waals surface area (Å²) in [5.41, 5.74) is 4.22. The van der Waals surface area contributed by atoms with Gasteiger partial charge in [0.25, 0.3) is 0 Å². The van der Waals surface area contributed by atoms with Crippen molar-refractivity contribution in [3.63, 3.8) is 0 Å². The van der Waals surface area contributed by atoms with Crippen LogP contribution in [0.3, 0.4) is 0 Å². The van der Waals surface area contributed by atoms with Gasteiger partial charge >= 0.3 is 0 Å². The molecule has 0 spiro atoms. The van der Waals surface area contributed by atoms with E-state index in [0.717, 1.165) is 0 Å². The Hall–Kier alpha value is -1.45. The van der Waals surface area contributed by atoms with Crippen molar-refractivity contribution in [1.82, 2.24) is 10.4 Å². The zero-order chi connectivity index (χ0) is 11.0. The van der Waals surface area contributed by atoms with Crippen molar-refractivity contribution in [2.24, 2.45) is 11.8 Å². The van der Waals surface area contributed by atoms with Crippen LogP contribution in [-0.4, -0.2) is 4.98 Å². The number of aromatic nitrogens is 1. The van der Waals surface area contributed by atoms with E-state index in [1.54, 1.807) is 0 Å². The van der Waals surface area contributed by atoms with Crippen molar-refractivity contribution in [1.29, 1.82) is 0 Å². The number of rotatable bonds is 3. The standard InChI is InChI=1S/C13H15N3/c14-16-13(10-4-5-10)11-3-1-2-9-6-7-15-8-12(9)11/h1-3,6-8,10,13,16H,4-5,14H2. The summed E-state index contributed by atoms with van der Waals surface area (Å²) in [4.78, 5) is 4.20. The van der Waals surface area contributed by atoms with Gasteiger partial charge in [0.1, 0.15) is 0 Å². The molecule has 3 heteroatoms. The third-order valence-electron chi connectivity index (χ3n) is 3.33. The first-order chi connectivity index (χ1) is 7.90. The third-order valence-corrected chi connectivity index (χ3v) is 3.33. The number of hydrogen-bond acceptors (Lipinski definition) is 3. The fraction of sp³-hybridized carbons (Fsp3) is 0.308. The maximum absolute atomic E-state index is 5.67. The average Bonchev–Trinajstić information content (AvgIpc) is 3.15.